The molecule has 2 aromatic carbocycles. The summed E-state index contributed by atoms with van der Waals surface area (Å²) in [5.74, 6) is 2.25. The van der Waals surface area contributed by atoms with E-state index in [1.165, 1.54) is 6.33 Å². The van der Waals surface area contributed by atoms with Crippen molar-refractivity contribution in [3.05, 3.63) is 35.6 Å². The molecule has 0 radical (unpaired) electrons. The van der Waals surface area contributed by atoms with Crippen molar-refractivity contribution in [2.45, 2.75) is 6.92 Å². The molecular weight excluding hydrogens is 356 g/mol. The third kappa shape index (κ3) is 3.39. The van der Waals surface area contributed by atoms with Crippen LogP contribution in [0.5, 0.6) is 17.2 Å². The van der Waals surface area contributed by atoms with Crippen LogP contribution < -0.4 is 25.3 Å². The molecule has 136 valence electrons. The molecule has 0 atom stereocenters. The lowest BCUT2D eigenvalue weighted by Crippen LogP contribution is -2.01. The summed E-state index contributed by atoms with van der Waals surface area (Å²) < 4.78 is 16.2. The molecule has 0 saturated carbocycles. The Bertz CT molecular complexity index is 949. The molecule has 0 bridgehead atoms. The van der Waals surface area contributed by atoms with E-state index in [1.807, 2.05) is 6.92 Å². The maximum atomic E-state index is 6.16. The molecule has 0 aliphatic heterocycles. The van der Waals surface area contributed by atoms with Crippen LogP contribution in [0.15, 0.2) is 30.6 Å². The molecule has 1 heterocycles. The van der Waals surface area contributed by atoms with Gasteiger partial charge in [0.05, 0.1) is 42.7 Å². The van der Waals surface area contributed by atoms with Gasteiger partial charge in [-0.3, -0.25) is 0 Å². The maximum absolute atomic E-state index is 6.16. The summed E-state index contributed by atoms with van der Waals surface area (Å²) in [6.07, 6.45) is 1.47. The fourth-order valence-electron chi connectivity index (χ4n) is 2.57. The number of hydrogen-bond acceptors (Lipinski definition) is 7. The molecule has 3 rings (SSSR count). The van der Waals surface area contributed by atoms with Gasteiger partial charge in [0.25, 0.3) is 0 Å². The highest BCUT2D eigenvalue weighted by atomic mass is 35.5. The zero-order valence-electron chi connectivity index (χ0n) is 14.7. The number of nitrogens with zero attached hydrogens (tertiary/aromatic N) is 2. The Kier molecular flexibility index (Phi) is 5.18. The first-order valence-corrected chi connectivity index (χ1v) is 8.30. The summed E-state index contributed by atoms with van der Waals surface area (Å²) in [5, 5.41) is 4.44. The number of nitrogen functional groups attached to an aromatic ring is 1. The van der Waals surface area contributed by atoms with Crippen LogP contribution in [0.4, 0.5) is 17.2 Å². The van der Waals surface area contributed by atoms with Crippen molar-refractivity contribution in [3.8, 4) is 17.2 Å². The van der Waals surface area contributed by atoms with E-state index in [4.69, 9.17) is 31.5 Å². The highest BCUT2D eigenvalue weighted by Crippen LogP contribution is 2.38. The van der Waals surface area contributed by atoms with Crippen LogP contribution in [-0.2, 0) is 0 Å². The van der Waals surface area contributed by atoms with E-state index in [9.17, 15) is 0 Å². The number of hydrogen-bond donors (Lipinski definition) is 2. The Morgan fingerprint density at radius 3 is 2.50 bits per heavy atom. The third-order valence-electron chi connectivity index (χ3n) is 3.79. The van der Waals surface area contributed by atoms with E-state index in [1.54, 1.807) is 38.5 Å². The summed E-state index contributed by atoms with van der Waals surface area (Å²) in [4.78, 5) is 8.62. The molecule has 0 amide bonds. The van der Waals surface area contributed by atoms with Gasteiger partial charge in [-0.15, -0.1) is 0 Å². The van der Waals surface area contributed by atoms with Gasteiger partial charge < -0.3 is 25.3 Å². The number of halogens is 1. The molecule has 0 spiro atoms. The van der Waals surface area contributed by atoms with Gasteiger partial charge in [0.2, 0.25) is 0 Å². The zero-order valence-corrected chi connectivity index (χ0v) is 15.4. The molecule has 0 aliphatic carbocycles. The molecule has 1 aromatic heterocycles. The van der Waals surface area contributed by atoms with Crippen molar-refractivity contribution >= 4 is 39.7 Å². The SMILES string of the molecule is CCOc1cc2ncnc(Nc3cc(OC)c(Cl)cc3OC)c2cc1N. The smallest absolute Gasteiger partial charge is 0.144 e. The molecule has 0 unspecified atom stereocenters. The summed E-state index contributed by atoms with van der Waals surface area (Å²) in [5.41, 5.74) is 7.96. The number of ether oxygens (including phenoxy) is 3. The second-order valence-corrected chi connectivity index (χ2v) is 5.78. The number of nitrogens with one attached hydrogen (secondary N) is 1. The van der Waals surface area contributed by atoms with E-state index < -0.39 is 0 Å². The molecule has 3 N–H and O–H groups in total. The Morgan fingerprint density at radius 1 is 1.04 bits per heavy atom. The maximum Gasteiger partial charge on any atom is 0.144 e. The lowest BCUT2D eigenvalue weighted by atomic mass is 10.2. The molecule has 8 heteroatoms. The first kappa shape index (κ1) is 17.9. The second kappa shape index (κ2) is 7.53. The summed E-state index contributed by atoms with van der Waals surface area (Å²) >= 11 is 6.16. The minimum absolute atomic E-state index is 0.452. The molecule has 0 fully saturated rings. The van der Waals surface area contributed by atoms with Crippen LogP contribution >= 0.6 is 11.6 Å². The quantitative estimate of drug-likeness (QED) is 0.629. The minimum Gasteiger partial charge on any atom is -0.495 e. The number of nitrogens with two attached hydrogens (primary N) is 1. The van der Waals surface area contributed by atoms with Crippen LogP contribution in [0.2, 0.25) is 5.02 Å². The van der Waals surface area contributed by atoms with Gasteiger partial charge in [0.15, 0.2) is 0 Å². The van der Waals surface area contributed by atoms with Crippen molar-refractivity contribution in [3.63, 3.8) is 0 Å². The second-order valence-electron chi connectivity index (χ2n) is 5.37. The standard InChI is InChI=1S/C18H19ClN4O3/c1-4-26-16-7-13-10(5-12(16)20)18(22-9-21-13)23-14-8-15(24-2)11(19)6-17(14)25-3/h5-9H,4,20H2,1-3H3,(H,21,22,23). The topological polar surface area (TPSA) is 91.5 Å². The van der Waals surface area contributed by atoms with Crippen LogP contribution in [0.25, 0.3) is 10.9 Å². The average molecular weight is 375 g/mol. The van der Waals surface area contributed by atoms with Gasteiger partial charge in [-0.2, -0.15) is 0 Å². The minimum atomic E-state index is 0.452. The monoisotopic (exact) mass is 374 g/mol. The van der Waals surface area contributed by atoms with Crippen molar-refractivity contribution in [2.75, 3.05) is 31.9 Å². The Labute approximate surface area is 156 Å². The number of aromatic nitrogens is 2. The van der Waals surface area contributed by atoms with Crippen LogP contribution in [0.3, 0.4) is 0 Å². The summed E-state index contributed by atoms with van der Waals surface area (Å²) in [6, 6.07) is 6.99. The average Bonchev–Trinajstić information content (AvgIpc) is 2.64. The highest BCUT2D eigenvalue weighted by molar-refractivity contribution is 6.32. The van der Waals surface area contributed by atoms with Crippen molar-refractivity contribution in [1.29, 1.82) is 0 Å². The number of methoxy groups -OCH3 is 2. The number of benzene rings is 2. The normalized spacial score (nSPS) is 10.6. The van der Waals surface area contributed by atoms with E-state index >= 15 is 0 Å². The highest BCUT2D eigenvalue weighted by Gasteiger charge is 2.14. The van der Waals surface area contributed by atoms with Crippen LogP contribution in [0.1, 0.15) is 6.92 Å². The van der Waals surface area contributed by atoms with Gasteiger partial charge in [-0.1, -0.05) is 11.6 Å². The molecule has 3 aromatic rings. The van der Waals surface area contributed by atoms with Gasteiger partial charge >= 0.3 is 0 Å². The third-order valence-corrected chi connectivity index (χ3v) is 4.09. The first-order chi connectivity index (χ1) is 12.6. The van der Waals surface area contributed by atoms with E-state index in [2.05, 4.69) is 15.3 Å². The fourth-order valence-corrected chi connectivity index (χ4v) is 2.80. The summed E-state index contributed by atoms with van der Waals surface area (Å²) in [6.45, 7) is 2.42. The Hall–Kier alpha value is -2.93. The number of anilines is 3. The van der Waals surface area contributed by atoms with Crippen molar-refractivity contribution < 1.29 is 14.2 Å². The zero-order chi connectivity index (χ0) is 18.7. The van der Waals surface area contributed by atoms with E-state index in [-0.39, 0.29) is 0 Å². The van der Waals surface area contributed by atoms with E-state index in [0.29, 0.717) is 51.6 Å². The predicted molar refractivity (Wildman–Crippen MR) is 103 cm³/mol. The first-order valence-electron chi connectivity index (χ1n) is 7.93. The van der Waals surface area contributed by atoms with Gasteiger partial charge in [0, 0.05) is 23.6 Å². The fraction of sp³-hybridized carbons (Fsp3) is 0.222. The molecule has 7 nitrogen and oxygen atoms in total. The van der Waals surface area contributed by atoms with E-state index in [0.717, 1.165) is 5.39 Å². The van der Waals surface area contributed by atoms with Gasteiger partial charge in [-0.05, 0) is 13.0 Å². The van der Waals surface area contributed by atoms with Crippen molar-refractivity contribution in [1.82, 2.24) is 9.97 Å². The predicted octanol–water partition coefficient (Wildman–Crippen LogP) is 4.02. The largest absolute Gasteiger partial charge is 0.495 e. The van der Waals surface area contributed by atoms with Gasteiger partial charge in [-0.25, -0.2) is 9.97 Å². The van der Waals surface area contributed by atoms with Gasteiger partial charge in [0.1, 0.15) is 29.4 Å². The summed E-state index contributed by atoms with van der Waals surface area (Å²) in [7, 11) is 3.11. The number of rotatable bonds is 6. The van der Waals surface area contributed by atoms with Crippen molar-refractivity contribution in [2.24, 2.45) is 0 Å². The molecular formula is C18H19ClN4O3. The van der Waals surface area contributed by atoms with Crippen LogP contribution in [0, 0.1) is 0 Å². The Morgan fingerprint density at radius 2 is 1.81 bits per heavy atom. The lowest BCUT2D eigenvalue weighted by molar-refractivity contribution is 0.342. The number of fused-ring (bicyclic) bond motifs is 1. The lowest BCUT2D eigenvalue weighted by Gasteiger charge is -2.15. The Balaban J connectivity index is 2.08. The molecule has 26 heavy (non-hydrogen) atoms. The molecule has 0 saturated heterocycles. The molecule has 0 aliphatic rings. The van der Waals surface area contributed by atoms with Crippen LogP contribution in [-0.4, -0.2) is 30.8 Å².